The Hall–Kier alpha value is -1.16. The number of ketones is 1. The van der Waals surface area contributed by atoms with Gasteiger partial charge in [0.15, 0.2) is 5.78 Å². The standard InChI is InChI=1S/C30H49NO3/c1-18(2)10-9-11-19(3)20-12-15-29(7)25-21(31-34)16-23-27(4,5)24(33)13-14-28(23,6)26(25)22(32)17-30(20,29)8/h18-20,23-24,33-34H,9-17H2,1-8H3/b31-21+/t19-,20?,23?,24+,28+,29+,30-/m1/s1. The molecule has 4 nitrogen and oxygen atoms in total. The van der Waals surface area contributed by atoms with Gasteiger partial charge < -0.3 is 10.3 Å². The summed E-state index contributed by atoms with van der Waals surface area (Å²) in [6, 6.07) is 0. The van der Waals surface area contributed by atoms with Crippen LogP contribution in [-0.2, 0) is 4.79 Å². The minimum Gasteiger partial charge on any atom is -0.411 e. The number of oxime groups is 1. The second kappa shape index (κ2) is 8.46. The number of Topliss-reactive ketones (excluding diaryl/α,β-unsaturated/α-hetero) is 1. The highest BCUT2D eigenvalue weighted by atomic mass is 16.4. The Labute approximate surface area is 207 Å². The summed E-state index contributed by atoms with van der Waals surface area (Å²) < 4.78 is 0. The summed E-state index contributed by atoms with van der Waals surface area (Å²) in [4.78, 5) is 14.1. The average Bonchev–Trinajstić information content (AvgIpc) is 3.01. The molecule has 0 bridgehead atoms. The predicted molar refractivity (Wildman–Crippen MR) is 138 cm³/mol. The summed E-state index contributed by atoms with van der Waals surface area (Å²) in [6.07, 6.45) is 8.34. The zero-order valence-electron chi connectivity index (χ0n) is 23.0. The number of allylic oxidation sites excluding steroid dienone is 2. The highest BCUT2D eigenvalue weighted by molar-refractivity contribution is 6.13. The summed E-state index contributed by atoms with van der Waals surface area (Å²) >= 11 is 0. The molecular formula is C30H49NO3. The second-order valence-corrected chi connectivity index (χ2v) is 14.1. The zero-order valence-corrected chi connectivity index (χ0v) is 23.0. The van der Waals surface area contributed by atoms with Crippen molar-refractivity contribution in [2.75, 3.05) is 0 Å². The van der Waals surface area contributed by atoms with E-state index in [9.17, 15) is 15.1 Å². The Morgan fingerprint density at radius 1 is 1.00 bits per heavy atom. The fourth-order valence-electron chi connectivity index (χ4n) is 9.27. The van der Waals surface area contributed by atoms with Crippen molar-refractivity contribution < 1.29 is 15.1 Å². The van der Waals surface area contributed by atoms with E-state index in [0.717, 1.165) is 48.5 Å². The maximum atomic E-state index is 14.1. The number of aliphatic hydroxyl groups excluding tert-OH is 1. The first kappa shape index (κ1) is 25.9. The van der Waals surface area contributed by atoms with Crippen molar-refractivity contribution in [2.24, 2.45) is 50.5 Å². The lowest BCUT2D eigenvalue weighted by Gasteiger charge is -2.61. The van der Waals surface area contributed by atoms with E-state index in [4.69, 9.17) is 0 Å². The summed E-state index contributed by atoms with van der Waals surface area (Å²) in [5.41, 5.74) is 1.89. The van der Waals surface area contributed by atoms with Crippen LogP contribution >= 0.6 is 0 Å². The van der Waals surface area contributed by atoms with Crippen LogP contribution < -0.4 is 0 Å². The van der Waals surface area contributed by atoms with Gasteiger partial charge in [0.2, 0.25) is 0 Å². The first-order chi connectivity index (χ1) is 15.7. The van der Waals surface area contributed by atoms with Crippen molar-refractivity contribution >= 4 is 11.5 Å². The first-order valence-electron chi connectivity index (χ1n) is 13.9. The minimum absolute atomic E-state index is 0.0949. The van der Waals surface area contributed by atoms with Crippen molar-refractivity contribution in [1.82, 2.24) is 0 Å². The molecule has 0 aliphatic heterocycles. The lowest BCUT2D eigenvalue weighted by Crippen LogP contribution is -2.59. The molecule has 0 heterocycles. The molecule has 34 heavy (non-hydrogen) atoms. The van der Waals surface area contributed by atoms with E-state index in [2.05, 4.69) is 60.5 Å². The van der Waals surface area contributed by atoms with Crippen LogP contribution in [0.1, 0.15) is 113 Å². The van der Waals surface area contributed by atoms with Crippen LogP contribution in [0.2, 0.25) is 0 Å². The van der Waals surface area contributed by atoms with Gasteiger partial charge in [-0.05, 0) is 72.2 Å². The third-order valence-electron chi connectivity index (χ3n) is 11.6. The molecular weight excluding hydrogens is 422 g/mol. The van der Waals surface area contributed by atoms with Crippen LogP contribution in [0.4, 0.5) is 0 Å². The lowest BCUT2D eigenvalue weighted by molar-refractivity contribution is -0.128. The number of hydrogen-bond acceptors (Lipinski definition) is 4. The van der Waals surface area contributed by atoms with Gasteiger partial charge in [0.05, 0.1) is 11.8 Å². The molecule has 0 aromatic carbocycles. The van der Waals surface area contributed by atoms with Crippen LogP contribution in [0.15, 0.2) is 16.3 Å². The maximum Gasteiger partial charge on any atom is 0.160 e. The van der Waals surface area contributed by atoms with Gasteiger partial charge in [-0.1, -0.05) is 79.8 Å². The van der Waals surface area contributed by atoms with E-state index < -0.39 is 6.10 Å². The number of carbonyl (C=O) groups excluding carboxylic acids is 1. The van der Waals surface area contributed by atoms with Gasteiger partial charge in [-0.3, -0.25) is 4.79 Å². The van der Waals surface area contributed by atoms with Crippen LogP contribution in [0.3, 0.4) is 0 Å². The number of carbonyl (C=O) groups is 1. The lowest BCUT2D eigenvalue weighted by atomic mass is 9.42. The molecule has 192 valence electrons. The van der Waals surface area contributed by atoms with Crippen LogP contribution in [0.25, 0.3) is 0 Å². The predicted octanol–water partition coefficient (Wildman–Crippen LogP) is 7.18. The number of aliphatic hydroxyl groups is 1. The quantitative estimate of drug-likeness (QED) is 0.329. The van der Waals surface area contributed by atoms with Crippen LogP contribution in [0.5, 0.6) is 0 Å². The van der Waals surface area contributed by atoms with Gasteiger partial charge in [0, 0.05) is 22.8 Å². The van der Waals surface area contributed by atoms with Crippen LogP contribution in [0, 0.1) is 45.3 Å². The zero-order chi connectivity index (χ0) is 25.3. The van der Waals surface area contributed by atoms with Crippen molar-refractivity contribution in [3.63, 3.8) is 0 Å². The minimum atomic E-state index is -0.394. The maximum absolute atomic E-state index is 14.1. The monoisotopic (exact) mass is 471 g/mol. The van der Waals surface area contributed by atoms with E-state index in [1.807, 2.05) is 0 Å². The number of fused-ring (bicyclic) bond motifs is 4. The summed E-state index contributed by atoms with van der Waals surface area (Å²) in [7, 11) is 0. The van der Waals surface area contributed by atoms with E-state index in [0.29, 0.717) is 24.7 Å². The fourth-order valence-corrected chi connectivity index (χ4v) is 9.27. The topological polar surface area (TPSA) is 69.9 Å². The Bertz CT molecular complexity index is 901. The summed E-state index contributed by atoms with van der Waals surface area (Å²) in [5, 5.41) is 25.0. The number of hydrogen-bond donors (Lipinski definition) is 2. The summed E-state index contributed by atoms with van der Waals surface area (Å²) in [5.74, 6) is 2.20. The molecule has 2 N–H and O–H groups in total. The van der Waals surface area contributed by atoms with Gasteiger partial charge in [-0.15, -0.1) is 0 Å². The molecule has 4 heteroatoms. The van der Waals surface area contributed by atoms with Gasteiger partial charge in [-0.25, -0.2) is 0 Å². The first-order valence-corrected chi connectivity index (χ1v) is 13.9. The van der Waals surface area contributed by atoms with Gasteiger partial charge >= 0.3 is 0 Å². The average molecular weight is 472 g/mol. The molecule has 0 saturated heterocycles. The smallest absolute Gasteiger partial charge is 0.160 e. The summed E-state index contributed by atoms with van der Waals surface area (Å²) in [6.45, 7) is 18.2. The largest absolute Gasteiger partial charge is 0.411 e. The van der Waals surface area contributed by atoms with Crippen molar-refractivity contribution in [3.8, 4) is 0 Å². The molecule has 7 atom stereocenters. The molecule has 0 radical (unpaired) electrons. The molecule has 0 spiro atoms. The second-order valence-electron chi connectivity index (χ2n) is 14.1. The normalized spacial score (nSPS) is 43.6. The van der Waals surface area contributed by atoms with E-state index >= 15 is 0 Å². The third kappa shape index (κ3) is 3.48. The molecule has 0 aromatic heterocycles. The van der Waals surface area contributed by atoms with E-state index in [-0.39, 0.29) is 33.4 Å². The van der Waals surface area contributed by atoms with Gasteiger partial charge in [-0.2, -0.15) is 0 Å². The van der Waals surface area contributed by atoms with Crippen LogP contribution in [-0.4, -0.2) is 27.9 Å². The Kier molecular flexibility index (Phi) is 6.45. The van der Waals surface area contributed by atoms with Gasteiger partial charge in [0.25, 0.3) is 0 Å². The molecule has 4 rings (SSSR count). The third-order valence-corrected chi connectivity index (χ3v) is 11.6. The van der Waals surface area contributed by atoms with Gasteiger partial charge in [0.1, 0.15) is 0 Å². The van der Waals surface area contributed by atoms with Crippen molar-refractivity contribution in [1.29, 1.82) is 0 Å². The SMILES string of the molecule is CC(C)CCC[C@@H](C)C1CC[C@@]2(C)C3=C(C(=O)C[C@]12C)[C@@]1(C)CC[C@H](O)C(C)(C)C1C/C3=N\O. The molecule has 2 saturated carbocycles. The number of rotatable bonds is 5. The highest BCUT2D eigenvalue weighted by Gasteiger charge is 2.66. The fraction of sp³-hybridized carbons (Fsp3) is 0.867. The Morgan fingerprint density at radius 2 is 1.68 bits per heavy atom. The molecule has 0 aromatic rings. The van der Waals surface area contributed by atoms with Crippen molar-refractivity contribution in [2.45, 2.75) is 119 Å². The highest BCUT2D eigenvalue weighted by Crippen LogP contribution is 2.71. The number of nitrogens with zero attached hydrogens (tertiary/aromatic N) is 1. The van der Waals surface area contributed by atoms with Crippen molar-refractivity contribution in [3.05, 3.63) is 11.1 Å². The molecule has 2 unspecified atom stereocenters. The molecule has 2 fully saturated rings. The Morgan fingerprint density at radius 3 is 2.29 bits per heavy atom. The van der Waals surface area contributed by atoms with E-state index in [1.54, 1.807) is 0 Å². The Balaban J connectivity index is 1.78. The molecule has 4 aliphatic carbocycles. The van der Waals surface area contributed by atoms with E-state index in [1.165, 1.54) is 19.3 Å². The molecule has 4 aliphatic rings. The molecule has 0 amide bonds.